The second kappa shape index (κ2) is 8.70. The molecule has 0 saturated heterocycles. The van der Waals surface area contributed by atoms with Crippen LogP contribution in [0.3, 0.4) is 0 Å². The maximum absolute atomic E-state index is 12.6. The quantitative estimate of drug-likeness (QED) is 0.556. The summed E-state index contributed by atoms with van der Waals surface area (Å²) in [5.74, 6) is -1.51. The molecule has 0 aliphatic rings. The lowest BCUT2D eigenvalue weighted by atomic mass is 10.0. The van der Waals surface area contributed by atoms with E-state index in [4.69, 9.17) is 10.5 Å². The van der Waals surface area contributed by atoms with E-state index in [0.29, 0.717) is 16.8 Å². The minimum absolute atomic E-state index is 0.0229. The number of fused-ring (bicyclic) bond motifs is 1. The van der Waals surface area contributed by atoms with Gasteiger partial charge in [0.2, 0.25) is 11.8 Å². The molecule has 0 aliphatic heterocycles. The topological polar surface area (TPSA) is 132 Å². The van der Waals surface area contributed by atoms with Crippen LogP contribution < -0.4 is 20.5 Å². The zero-order chi connectivity index (χ0) is 24.4. The van der Waals surface area contributed by atoms with Crippen molar-refractivity contribution in [1.82, 2.24) is 15.1 Å². The Labute approximate surface area is 185 Å². The van der Waals surface area contributed by atoms with E-state index in [2.05, 4.69) is 15.2 Å². The number of rotatable bonds is 7. The third kappa shape index (κ3) is 5.32. The molecule has 1 atom stereocenters. The van der Waals surface area contributed by atoms with Crippen LogP contribution in [0.5, 0.6) is 11.6 Å². The second-order valence-electron chi connectivity index (χ2n) is 7.23. The molecular formula is C21H18F3N5O4. The van der Waals surface area contributed by atoms with E-state index >= 15 is 0 Å². The fraction of sp³-hybridized carbons (Fsp3) is 0.238. The van der Waals surface area contributed by atoms with Gasteiger partial charge >= 0.3 is 6.36 Å². The number of nitriles is 1. The number of nitrogens with zero attached hydrogens (tertiary/aromatic N) is 3. The van der Waals surface area contributed by atoms with Crippen molar-refractivity contribution in [3.05, 3.63) is 53.6 Å². The van der Waals surface area contributed by atoms with Crippen molar-refractivity contribution in [3.63, 3.8) is 0 Å². The molecule has 0 spiro atoms. The van der Waals surface area contributed by atoms with Gasteiger partial charge in [0, 0.05) is 11.1 Å². The van der Waals surface area contributed by atoms with Crippen molar-refractivity contribution in [1.29, 1.82) is 5.26 Å². The molecule has 1 heterocycles. The summed E-state index contributed by atoms with van der Waals surface area (Å²) in [6.45, 7) is 1.32. The molecule has 3 rings (SSSR count). The van der Waals surface area contributed by atoms with Gasteiger partial charge < -0.3 is 20.5 Å². The van der Waals surface area contributed by atoms with Crippen LogP contribution in [0, 0.1) is 11.3 Å². The minimum atomic E-state index is -4.85. The molecule has 0 radical (unpaired) electrons. The lowest BCUT2D eigenvalue weighted by molar-refractivity contribution is -0.274. The lowest BCUT2D eigenvalue weighted by Crippen LogP contribution is -2.48. The van der Waals surface area contributed by atoms with Crippen LogP contribution in [-0.4, -0.2) is 40.6 Å². The van der Waals surface area contributed by atoms with E-state index in [-0.39, 0.29) is 17.7 Å². The number of aromatic nitrogens is 2. The highest BCUT2D eigenvalue weighted by Crippen LogP contribution is 2.28. The maximum atomic E-state index is 12.6. The molecule has 2 aromatic carbocycles. The van der Waals surface area contributed by atoms with Crippen LogP contribution in [0.25, 0.3) is 10.9 Å². The van der Waals surface area contributed by atoms with Crippen molar-refractivity contribution in [2.24, 2.45) is 5.73 Å². The third-order valence-corrected chi connectivity index (χ3v) is 4.62. The molecule has 172 valence electrons. The highest BCUT2D eigenvalue weighted by molar-refractivity contribution is 5.98. The van der Waals surface area contributed by atoms with Gasteiger partial charge in [0.1, 0.15) is 11.3 Å². The smallest absolute Gasteiger partial charge is 0.481 e. The van der Waals surface area contributed by atoms with Crippen LogP contribution in [0.4, 0.5) is 13.2 Å². The molecule has 1 unspecified atom stereocenters. The number of primary amides is 1. The first-order valence-electron chi connectivity index (χ1n) is 9.38. The van der Waals surface area contributed by atoms with Crippen LogP contribution >= 0.6 is 0 Å². The Morgan fingerprint density at radius 2 is 1.82 bits per heavy atom. The highest BCUT2D eigenvalue weighted by atomic mass is 19.4. The molecule has 2 amide bonds. The summed E-state index contributed by atoms with van der Waals surface area (Å²) in [6.07, 6.45) is -4.85. The zero-order valence-electron chi connectivity index (χ0n) is 17.4. The van der Waals surface area contributed by atoms with Crippen molar-refractivity contribution in [2.45, 2.75) is 25.4 Å². The number of hydrogen-bond acceptors (Lipinski definition) is 6. The molecule has 0 saturated carbocycles. The molecule has 1 aromatic heterocycles. The van der Waals surface area contributed by atoms with Crippen molar-refractivity contribution < 1.29 is 32.2 Å². The number of amides is 2. The van der Waals surface area contributed by atoms with Gasteiger partial charge in [-0.15, -0.1) is 13.2 Å². The van der Waals surface area contributed by atoms with E-state index in [1.54, 1.807) is 6.07 Å². The zero-order valence-corrected chi connectivity index (χ0v) is 17.4. The van der Waals surface area contributed by atoms with E-state index < -0.39 is 29.5 Å². The fourth-order valence-corrected chi connectivity index (χ4v) is 3.12. The number of hydrogen-bond donors (Lipinski definition) is 2. The second-order valence-corrected chi connectivity index (χ2v) is 7.23. The Hall–Kier alpha value is -4.27. The summed E-state index contributed by atoms with van der Waals surface area (Å²) in [5, 5.41) is 17.2. The van der Waals surface area contributed by atoms with Crippen molar-refractivity contribution in [3.8, 4) is 17.7 Å². The molecule has 33 heavy (non-hydrogen) atoms. The largest absolute Gasteiger partial charge is 0.573 e. The average molecular weight is 461 g/mol. The van der Waals surface area contributed by atoms with Gasteiger partial charge in [0.05, 0.1) is 30.6 Å². The van der Waals surface area contributed by atoms with Gasteiger partial charge in [0.15, 0.2) is 0 Å². The van der Waals surface area contributed by atoms with Gasteiger partial charge in [-0.25, -0.2) is 4.68 Å². The number of carbonyl (C=O) groups excluding carboxylic acids is 2. The van der Waals surface area contributed by atoms with Crippen LogP contribution in [0.2, 0.25) is 0 Å². The number of nitrogens with one attached hydrogen (secondary N) is 1. The standard InChI is InChI=1S/C21H18F3N5O4/c1-20(10-25,27-18(31)12-3-6-14(7-4-12)33-21(22,23)24)11-29-19(32-2)15-8-5-13(17(26)30)9-16(15)28-29/h3-9H,11H2,1-2H3,(H2,26,30)(H,27,31). The summed E-state index contributed by atoms with van der Waals surface area (Å²) >= 11 is 0. The summed E-state index contributed by atoms with van der Waals surface area (Å²) < 4.78 is 47.4. The predicted molar refractivity (Wildman–Crippen MR) is 109 cm³/mol. The van der Waals surface area contributed by atoms with Gasteiger partial charge in [0.25, 0.3) is 5.91 Å². The number of nitrogens with two attached hydrogens (primary N) is 1. The van der Waals surface area contributed by atoms with Crippen LogP contribution in [0.15, 0.2) is 42.5 Å². The summed E-state index contributed by atoms with van der Waals surface area (Å²) in [4.78, 5) is 24.0. The van der Waals surface area contributed by atoms with Crippen molar-refractivity contribution in [2.75, 3.05) is 7.11 Å². The van der Waals surface area contributed by atoms with E-state index in [1.807, 2.05) is 6.07 Å². The van der Waals surface area contributed by atoms with E-state index in [1.165, 1.54) is 30.8 Å². The Morgan fingerprint density at radius 1 is 1.18 bits per heavy atom. The number of halogens is 3. The van der Waals surface area contributed by atoms with Crippen LogP contribution in [0.1, 0.15) is 27.6 Å². The Bertz CT molecular complexity index is 1250. The molecule has 9 nitrogen and oxygen atoms in total. The van der Waals surface area contributed by atoms with Gasteiger partial charge in [-0.05, 0) is 49.4 Å². The first-order chi connectivity index (χ1) is 15.4. The van der Waals surface area contributed by atoms with E-state index in [9.17, 15) is 28.0 Å². The van der Waals surface area contributed by atoms with Gasteiger partial charge in [-0.2, -0.15) is 10.4 Å². The maximum Gasteiger partial charge on any atom is 0.573 e. The molecule has 0 aliphatic carbocycles. The van der Waals surface area contributed by atoms with E-state index in [0.717, 1.165) is 24.3 Å². The monoisotopic (exact) mass is 461 g/mol. The Kier molecular flexibility index (Phi) is 6.17. The normalized spacial score (nSPS) is 13.1. The molecule has 12 heteroatoms. The number of benzene rings is 2. The number of carbonyl (C=O) groups is 2. The lowest BCUT2D eigenvalue weighted by Gasteiger charge is -2.24. The average Bonchev–Trinajstić information content (AvgIpc) is 3.08. The van der Waals surface area contributed by atoms with Crippen LogP contribution in [-0.2, 0) is 6.54 Å². The first-order valence-corrected chi connectivity index (χ1v) is 9.38. The number of ether oxygens (including phenoxy) is 2. The van der Waals surface area contributed by atoms with Gasteiger partial charge in [-0.3, -0.25) is 9.59 Å². The van der Waals surface area contributed by atoms with Gasteiger partial charge in [-0.1, -0.05) is 0 Å². The fourth-order valence-electron chi connectivity index (χ4n) is 3.12. The highest BCUT2D eigenvalue weighted by Gasteiger charge is 2.32. The Balaban J connectivity index is 1.83. The molecule has 3 N–H and O–H groups in total. The summed E-state index contributed by atoms with van der Waals surface area (Å²) in [6, 6.07) is 10.9. The number of methoxy groups -OCH3 is 1. The Morgan fingerprint density at radius 3 is 2.36 bits per heavy atom. The summed E-state index contributed by atoms with van der Waals surface area (Å²) in [5.41, 5.74) is 4.48. The molecule has 0 fully saturated rings. The first kappa shape index (κ1) is 23.4. The SMILES string of the molecule is COc1c2ccc(C(N)=O)cc2nn1CC(C)(C#N)NC(=O)c1ccc(OC(F)(F)F)cc1. The number of alkyl halides is 3. The minimum Gasteiger partial charge on any atom is -0.481 e. The third-order valence-electron chi connectivity index (χ3n) is 4.62. The van der Waals surface area contributed by atoms with Crippen molar-refractivity contribution >= 4 is 22.7 Å². The molecule has 0 bridgehead atoms. The molecule has 3 aromatic rings. The predicted octanol–water partition coefficient (Wildman–Crippen LogP) is 2.75. The summed E-state index contributed by atoms with van der Waals surface area (Å²) in [7, 11) is 1.40. The molecular weight excluding hydrogens is 443 g/mol.